The molecule has 0 unspecified atom stereocenters. The number of anilines is 1. The van der Waals surface area contributed by atoms with Gasteiger partial charge < -0.3 is 14.7 Å². The first kappa shape index (κ1) is 22.7. The normalized spacial score (nSPS) is 14.5. The number of benzene rings is 1. The monoisotopic (exact) mass is 427 g/mol. The molecule has 0 saturated carbocycles. The van der Waals surface area contributed by atoms with Crippen molar-refractivity contribution in [2.24, 2.45) is 5.92 Å². The Labute approximate surface area is 182 Å². The van der Waals surface area contributed by atoms with Gasteiger partial charge in [0.25, 0.3) is 0 Å². The highest BCUT2D eigenvalue weighted by Crippen LogP contribution is 2.20. The van der Waals surface area contributed by atoms with Crippen LogP contribution in [0.3, 0.4) is 0 Å². The number of likely N-dealkylation sites (N-methyl/N-ethyl adjacent to an activating group) is 1. The molecule has 2 heterocycles. The zero-order valence-electron chi connectivity index (χ0n) is 18.4. The Morgan fingerprint density at radius 1 is 1.03 bits per heavy atom. The largest absolute Gasteiger partial charge is 0.353 e. The Bertz CT molecular complexity index is 886. The van der Waals surface area contributed by atoms with Crippen molar-refractivity contribution in [3.05, 3.63) is 42.2 Å². The molecule has 3 rings (SSSR count). The van der Waals surface area contributed by atoms with E-state index in [0.717, 1.165) is 24.3 Å². The van der Waals surface area contributed by atoms with Gasteiger partial charge in [-0.25, -0.2) is 4.39 Å². The molecule has 1 aliphatic rings. The van der Waals surface area contributed by atoms with Crippen molar-refractivity contribution in [1.82, 2.24) is 20.0 Å². The van der Waals surface area contributed by atoms with E-state index in [1.165, 1.54) is 12.1 Å². The maximum Gasteiger partial charge on any atom is 0.242 e. The van der Waals surface area contributed by atoms with Crippen molar-refractivity contribution in [1.29, 1.82) is 0 Å². The molecule has 1 aromatic carbocycles. The van der Waals surface area contributed by atoms with Crippen LogP contribution in [-0.2, 0) is 9.59 Å². The molecule has 0 aliphatic carbocycles. The van der Waals surface area contributed by atoms with E-state index in [1.807, 2.05) is 37.8 Å². The number of hydrogen-bond donors (Lipinski definition) is 0. The molecule has 1 fully saturated rings. The van der Waals surface area contributed by atoms with Crippen LogP contribution in [0.4, 0.5) is 10.2 Å². The van der Waals surface area contributed by atoms with Gasteiger partial charge in [-0.2, -0.15) is 0 Å². The van der Waals surface area contributed by atoms with Gasteiger partial charge in [0.2, 0.25) is 11.8 Å². The lowest BCUT2D eigenvalue weighted by Crippen LogP contribution is -2.45. The number of carbonyl (C=O) groups excluding carboxylic acids is 2. The predicted octanol–water partition coefficient (Wildman–Crippen LogP) is 2.83. The Morgan fingerprint density at radius 2 is 1.77 bits per heavy atom. The predicted molar refractivity (Wildman–Crippen MR) is 118 cm³/mol. The summed E-state index contributed by atoms with van der Waals surface area (Å²) in [4.78, 5) is 30.6. The van der Waals surface area contributed by atoms with Crippen LogP contribution in [0.5, 0.6) is 0 Å². The number of amides is 2. The van der Waals surface area contributed by atoms with E-state index in [1.54, 1.807) is 17.0 Å². The van der Waals surface area contributed by atoms with Crippen LogP contribution in [0.25, 0.3) is 11.3 Å². The first-order valence-corrected chi connectivity index (χ1v) is 10.8. The summed E-state index contributed by atoms with van der Waals surface area (Å²) in [5, 5.41) is 8.63. The van der Waals surface area contributed by atoms with Crippen molar-refractivity contribution >= 4 is 17.6 Å². The fourth-order valence-electron chi connectivity index (χ4n) is 3.64. The van der Waals surface area contributed by atoms with Crippen LogP contribution in [0.15, 0.2) is 36.4 Å². The summed E-state index contributed by atoms with van der Waals surface area (Å²) in [6.45, 7) is 8.91. The number of rotatable bonds is 6. The third-order valence-electron chi connectivity index (χ3n) is 5.48. The molecule has 2 aromatic rings. The fraction of sp³-hybridized carbons (Fsp3) is 0.478. The van der Waals surface area contributed by atoms with E-state index < -0.39 is 0 Å². The lowest BCUT2D eigenvalue weighted by atomic mass is 10.1. The minimum Gasteiger partial charge on any atom is -0.353 e. The molecule has 31 heavy (non-hydrogen) atoms. The van der Waals surface area contributed by atoms with E-state index in [2.05, 4.69) is 15.1 Å². The average Bonchev–Trinajstić information content (AvgIpc) is 3.04. The molecule has 0 radical (unpaired) electrons. The molecular formula is C23H30FN5O2. The summed E-state index contributed by atoms with van der Waals surface area (Å²) in [6, 6.07) is 9.94. The Morgan fingerprint density at radius 3 is 2.39 bits per heavy atom. The fourth-order valence-corrected chi connectivity index (χ4v) is 3.64. The highest BCUT2D eigenvalue weighted by molar-refractivity contribution is 5.85. The van der Waals surface area contributed by atoms with Crippen molar-refractivity contribution in [3.63, 3.8) is 0 Å². The van der Waals surface area contributed by atoms with Crippen molar-refractivity contribution in [3.8, 4) is 11.3 Å². The summed E-state index contributed by atoms with van der Waals surface area (Å²) in [5.41, 5.74) is 1.49. The van der Waals surface area contributed by atoms with Gasteiger partial charge in [-0.15, -0.1) is 10.2 Å². The van der Waals surface area contributed by atoms with E-state index in [4.69, 9.17) is 0 Å². The molecule has 0 atom stereocenters. The van der Waals surface area contributed by atoms with E-state index in [9.17, 15) is 14.0 Å². The van der Waals surface area contributed by atoms with Gasteiger partial charge >= 0.3 is 0 Å². The standard InChI is InChI=1S/C23H30FN5O2/c1-4-27(23(31)17(2)3)16-22(30)29-13-5-12-28(14-15-29)21-11-10-20(25-26-21)18-6-8-19(24)9-7-18/h6-11,17H,4-5,12-16H2,1-3H3. The first-order valence-electron chi connectivity index (χ1n) is 10.8. The number of halogens is 1. The molecule has 1 saturated heterocycles. The number of nitrogens with zero attached hydrogens (tertiary/aromatic N) is 5. The van der Waals surface area contributed by atoms with Crippen LogP contribution < -0.4 is 4.90 Å². The first-order chi connectivity index (χ1) is 14.9. The number of aromatic nitrogens is 2. The van der Waals surface area contributed by atoms with E-state index in [-0.39, 0.29) is 30.1 Å². The van der Waals surface area contributed by atoms with Gasteiger partial charge in [0.05, 0.1) is 12.2 Å². The molecule has 0 spiro atoms. The van der Waals surface area contributed by atoms with Gasteiger partial charge in [0, 0.05) is 44.2 Å². The van der Waals surface area contributed by atoms with Crippen LogP contribution in [0.1, 0.15) is 27.2 Å². The minimum absolute atomic E-state index is 0.00353. The van der Waals surface area contributed by atoms with Crippen LogP contribution in [0.2, 0.25) is 0 Å². The van der Waals surface area contributed by atoms with Gasteiger partial charge in [-0.05, 0) is 49.7 Å². The molecule has 2 amide bonds. The smallest absolute Gasteiger partial charge is 0.242 e. The zero-order chi connectivity index (χ0) is 22.4. The third-order valence-corrected chi connectivity index (χ3v) is 5.48. The molecule has 1 aromatic heterocycles. The van der Waals surface area contributed by atoms with Crippen molar-refractivity contribution in [2.45, 2.75) is 27.2 Å². The molecule has 0 bridgehead atoms. The Kier molecular flexibility index (Phi) is 7.55. The third kappa shape index (κ3) is 5.77. The second-order valence-electron chi connectivity index (χ2n) is 8.01. The highest BCUT2D eigenvalue weighted by atomic mass is 19.1. The molecular weight excluding hydrogens is 397 g/mol. The van der Waals surface area contributed by atoms with Gasteiger partial charge in [0.15, 0.2) is 5.82 Å². The maximum atomic E-state index is 13.1. The average molecular weight is 428 g/mol. The van der Waals surface area contributed by atoms with Crippen LogP contribution in [-0.4, -0.2) is 71.1 Å². The lowest BCUT2D eigenvalue weighted by molar-refractivity contribution is -0.142. The summed E-state index contributed by atoms with van der Waals surface area (Å²) < 4.78 is 13.1. The summed E-state index contributed by atoms with van der Waals surface area (Å²) in [7, 11) is 0. The molecule has 166 valence electrons. The van der Waals surface area contributed by atoms with E-state index in [0.29, 0.717) is 31.9 Å². The van der Waals surface area contributed by atoms with Gasteiger partial charge in [-0.3, -0.25) is 9.59 Å². The second kappa shape index (κ2) is 10.3. The quantitative estimate of drug-likeness (QED) is 0.709. The van der Waals surface area contributed by atoms with Crippen molar-refractivity contribution in [2.75, 3.05) is 44.2 Å². The zero-order valence-corrected chi connectivity index (χ0v) is 18.4. The lowest BCUT2D eigenvalue weighted by Gasteiger charge is -2.27. The number of hydrogen-bond acceptors (Lipinski definition) is 5. The summed E-state index contributed by atoms with van der Waals surface area (Å²) >= 11 is 0. The van der Waals surface area contributed by atoms with Crippen LogP contribution >= 0.6 is 0 Å². The van der Waals surface area contributed by atoms with Crippen LogP contribution in [0, 0.1) is 11.7 Å². The Balaban J connectivity index is 1.60. The molecule has 8 heteroatoms. The second-order valence-corrected chi connectivity index (χ2v) is 8.01. The molecule has 0 N–H and O–H groups in total. The molecule has 1 aliphatic heterocycles. The van der Waals surface area contributed by atoms with Crippen molar-refractivity contribution < 1.29 is 14.0 Å². The highest BCUT2D eigenvalue weighted by Gasteiger charge is 2.24. The Hall–Kier alpha value is -3.03. The summed E-state index contributed by atoms with van der Waals surface area (Å²) in [6.07, 6.45) is 0.817. The number of carbonyl (C=O) groups is 2. The maximum absolute atomic E-state index is 13.1. The van der Waals surface area contributed by atoms with Gasteiger partial charge in [0.1, 0.15) is 5.82 Å². The topological polar surface area (TPSA) is 69.6 Å². The summed E-state index contributed by atoms with van der Waals surface area (Å²) in [5.74, 6) is 0.334. The van der Waals surface area contributed by atoms with E-state index >= 15 is 0 Å². The van der Waals surface area contributed by atoms with Gasteiger partial charge in [-0.1, -0.05) is 13.8 Å². The SMILES string of the molecule is CCN(CC(=O)N1CCCN(c2ccc(-c3ccc(F)cc3)nn2)CC1)C(=O)C(C)C. The molecule has 7 nitrogen and oxygen atoms in total. The minimum atomic E-state index is -0.285.